The Kier molecular flexibility index (Phi) is 3.28. The maximum Gasteiger partial charge on any atom is 0.274 e. The van der Waals surface area contributed by atoms with Crippen molar-refractivity contribution in [3.63, 3.8) is 0 Å². The third-order valence-electron chi connectivity index (χ3n) is 3.17. The van der Waals surface area contributed by atoms with E-state index in [0.29, 0.717) is 31.1 Å². The number of hydrogen-bond donors (Lipinski definition) is 1. The molecule has 2 aromatic rings. The number of hydrogen-bond acceptors (Lipinski definition) is 6. The van der Waals surface area contributed by atoms with Gasteiger partial charge in [0.2, 0.25) is 0 Å². The highest BCUT2D eigenvalue weighted by molar-refractivity contribution is 5.92. The molecule has 3 rings (SSSR count). The molecule has 0 aromatic carbocycles. The molecule has 1 aliphatic heterocycles. The molecule has 1 aliphatic rings. The molecule has 8 heteroatoms. The summed E-state index contributed by atoms with van der Waals surface area (Å²) in [5.74, 6) is 1.33. The van der Waals surface area contributed by atoms with Gasteiger partial charge >= 0.3 is 0 Å². The lowest BCUT2D eigenvalue weighted by Crippen LogP contribution is -2.38. The van der Waals surface area contributed by atoms with Gasteiger partial charge < -0.3 is 14.8 Å². The van der Waals surface area contributed by atoms with E-state index in [-0.39, 0.29) is 5.91 Å². The molecule has 0 saturated heterocycles. The monoisotopic (exact) mass is 273 g/mol. The Labute approximate surface area is 115 Å². The van der Waals surface area contributed by atoms with Crippen LogP contribution in [0.3, 0.4) is 0 Å². The smallest absolute Gasteiger partial charge is 0.274 e. The number of carbonyl (C=O) groups is 1. The molecule has 20 heavy (non-hydrogen) atoms. The molecule has 0 atom stereocenters. The molecule has 0 unspecified atom stereocenters. The Morgan fingerprint density at radius 3 is 2.95 bits per heavy atom. The molecule has 0 spiro atoms. The number of carbonyl (C=O) groups excluding carboxylic acids is 1. The molecule has 0 bridgehead atoms. The van der Waals surface area contributed by atoms with Crippen LogP contribution in [-0.2, 0) is 13.1 Å². The standard InChI is InChI=1S/C12H15N7O/c1-2-13-10-4-3-9(15-16-10)12(20)18-5-6-19-8-14-17-11(19)7-18/h3-4,8H,2,5-7H2,1H3,(H,13,16). The second kappa shape index (κ2) is 5.24. The summed E-state index contributed by atoms with van der Waals surface area (Å²) in [6.07, 6.45) is 1.68. The van der Waals surface area contributed by atoms with E-state index in [2.05, 4.69) is 25.7 Å². The number of nitrogens with zero attached hydrogens (tertiary/aromatic N) is 6. The van der Waals surface area contributed by atoms with E-state index in [1.54, 1.807) is 23.4 Å². The van der Waals surface area contributed by atoms with Crippen LogP contribution in [-0.4, -0.2) is 48.9 Å². The first kappa shape index (κ1) is 12.5. The summed E-state index contributed by atoms with van der Waals surface area (Å²) in [5, 5.41) is 18.8. The highest BCUT2D eigenvalue weighted by Gasteiger charge is 2.23. The zero-order valence-electron chi connectivity index (χ0n) is 11.2. The minimum absolute atomic E-state index is 0.130. The van der Waals surface area contributed by atoms with Crippen LogP contribution in [0.5, 0.6) is 0 Å². The van der Waals surface area contributed by atoms with Crippen molar-refractivity contribution >= 4 is 11.7 Å². The molecule has 0 radical (unpaired) electrons. The number of aromatic nitrogens is 5. The summed E-state index contributed by atoms with van der Waals surface area (Å²) < 4.78 is 1.95. The fourth-order valence-corrected chi connectivity index (χ4v) is 2.12. The van der Waals surface area contributed by atoms with Gasteiger partial charge in [0.05, 0.1) is 6.54 Å². The molecule has 0 fully saturated rings. The third-order valence-corrected chi connectivity index (χ3v) is 3.17. The fraction of sp³-hybridized carbons (Fsp3) is 0.417. The quantitative estimate of drug-likeness (QED) is 0.856. The van der Waals surface area contributed by atoms with E-state index < -0.39 is 0 Å². The Morgan fingerprint density at radius 1 is 1.30 bits per heavy atom. The van der Waals surface area contributed by atoms with E-state index >= 15 is 0 Å². The van der Waals surface area contributed by atoms with Gasteiger partial charge in [-0.2, -0.15) is 0 Å². The summed E-state index contributed by atoms with van der Waals surface area (Å²) in [6, 6.07) is 3.45. The Hall–Kier alpha value is -2.51. The van der Waals surface area contributed by atoms with Gasteiger partial charge in [0.1, 0.15) is 12.1 Å². The van der Waals surface area contributed by atoms with Gasteiger partial charge in [-0.05, 0) is 19.1 Å². The third kappa shape index (κ3) is 2.31. The average molecular weight is 273 g/mol. The molecule has 1 N–H and O–H groups in total. The lowest BCUT2D eigenvalue weighted by atomic mass is 10.3. The molecule has 2 aromatic heterocycles. The first-order valence-electron chi connectivity index (χ1n) is 6.51. The lowest BCUT2D eigenvalue weighted by molar-refractivity contribution is 0.0700. The Morgan fingerprint density at radius 2 is 2.20 bits per heavy atom. The van der Waals surface area contributed by atoms with E-state index in [9.17, 15) is 4.79 Å². The fourth-order valence-electron chi connectivity index (χ4n) is 2.12. The predicted molar refractivity (Wildman–Crippen MR) is 71.0 cm³/mol. The maximum atomic E-state index is 12.3. The van der Waals surface area contributed by atoms with Crippen LogP contribution in [0.2, 0.25) is 0 Å². The van der Waals surface area contributed by atoms with E-state index in [0.717, 1.165) is 12.4 Å². The van der Waals surface area contributed by atoms with Gasteiger partial charge in [0.15, 0.2) is 11.5 Å². The molecular weight excluding hydrogens is 258 g/mol. The van der Waals surface area contributed by atoms with Crippen molar-refractivity contribution in [1.82, 2.24) is 29.9 Å². The first-order chi connectivity index (χ1) is 9.78. The largest absolute Gasteiger partial charge is 0.369 e. The van der Waals surface area contributed by atoms with Gasteiger partial charge in [-0.25, -0.2) is 0 Å². The SMILES string of the molecule is CCNc1ccc(C(=O)N2CCn3cnnc3C2)nn1. The first-order valence-corrected chi connectivity index (χ1v) is 6.51. The maximum absolute atomic E-state index is 12.3. The minimum Gasteiger partial charge on any atom is -0.369 e. The van der Waals surface area contributed by atoms with Crippen LogP contribution in [0.1, 0.15) is 23.2 Å². The van der Waals surface area contributed by atoms with E-state index in [4.69, 9.17) is 0 Å². The zero-order valence-corrected chi connectivity index (χ0v) is 11.2. The van der Waals surface area contributed by atoms with E-state index in [1.807, 2.05) is 11.5 Å². The molecular formula is C12H15N7O. The Balaban J connectivity index is 1.73. The van der Waals surface area contributed by atoms with Gasteiger partial charge in [-0.1, -0.05) is 0 Å². The topological polar surface area (TPSA) is 88.8 Å². The highest BCUT2D eigenvalue weighted by atomic mass is 16.2. The molecule has 3 heterocycles. The van der Waals surface area contributed by atoms with Crippen molar-refractivity contribution < 1.29 is 4.79 Å². The summed E-state index contributed by atoms with van der Waals surface area (Å²) >= 11 is 0. The Bertz CT molecular complexity index is 607. The van der Waals surface area contributed by atoms with Crippen LogP contribution >= 0.6 is 0 Å². The van der Waals surface area contributed by atoms with Gasteiger partial charge in [-0.15, -0.1) is 20.4 Å². The average Bonchev–Trinajstić information content (AvgIpc) is 2.95. The molecule has 0 aliphatic carbocycles. The van der Waals surface area contributed by atoms with Crippen molar-refractivity contribution in [3.8, 4) is 0 Å². The number of fused-ring (bicyclic) bond motifs is 1. The van der Waals surface area contributed by atoms with Crippen molar-refractivity contribution in [3.05, 3.63) is 30.0 Å². The number of nitrogens with one attached hydrogen (secondary N) is 1. The van der Waals surface area contributed by atoms with Crippen molar-refractivity contribution in [1.29, 1.82) is 0 Å². The molecule has 1 amide bonds. The van der Waals surface area contributed by atoms with E-state index in [1.165, 1.54) is 0 Å². The highest BCUT2D eigenvalue weighted by Crippen LogP contribution is 2.12. The zero-order chi connectivity index (χ0) is 13.9. The summed E-state index contributed by atoms with van der Waals surface area (Å²) in [5.41, 5.74) is 0.347. The minimum atomic E-state index is -0.130. The molecule has 104 valence electrons. The van der Waals surface area contributed by atoms with Crippen LogP contribution in [0.4, 0.5) is 5.82 Å². The van der Waals surface area contributed by atoms with Gasteiger partial charge in [-0.3, -0.25) is 4.79 Å². The number of rotatable bonds is 3. The summed E-state index contributed by atoms with van der Waals surface area (Å²) in [6.45, 7) is 4.53. The van der Waals surface area contributed by atoms with Crippen LogP contribution in [0.25, 0.3) is 0 Å². The number of anilines is 1. The van der Waals surface area contributed by atoms with Crippen molar-refractivity contribution in [2.45, 2.75) is 20.0 Å². The summed E-state index contributed by atoms with van der Waals surface area (Å²) in [7, 11) is 0. The van der Waals surface area contributed by atoms with Crippen molar-refractivity contribution in [2.24, 2.45) is 0 Å². The second-order valence-corrected chi connectivity index (χ2v) is 4.50. The van der Waals surface area contributed by atoms with Crippen molar-refractivity contribution in [2.75, 3.05) is 18.4 Å². The van der Waals surface area contributed by atoms with Gasteiger partial charge in [0.25, 0.3) is 5.91 Å². The van der Waals surface area contributed by atoms with Crippen LogP contribution in [0, 0.1) is 0 Å². The molecule has 0 saturated carbocycles. The normalized spacial score (nSPS) is 13.9. The van der Waals surface area contributed by atoms with Gasteiger partial charge in [0, 0.05) is 19.6 Å². The molecule has 8 nitrogen and oxygen atoms in total. The summed E-state index contributed by atoms with van der Waals surface area (Å²) in [4.78, 5) is 14.1. The van der Waals surface area contributed by atoms with Crippen LogP contribution in [0.15, 0.2) is 18.5 Å². The predicted octanol–water partition coefficient (Wildman–Crippen LogP) is 0.156. The van der Waals surface area contributed by atoms with Crippen LogP contribution < -0.4 is 5.32 Å². The lowest BCUT2D eigenvalue weighted by Gasteiger charge is -2.26. The number of amides is 1. The second-order valence-electron chi connectivity index (χ2n) is 4.50.